The van der Waals surface area contributed by atoms with E-state index in [1.54, 1.807) is 0 Å². The maximum atomic E-state index is 5.94. The number of hydrogen-bond donors (Lipinski definition) is 1. The highest BCUT2D eigenvalue weighted by Crippen LogP contribution is 2.21. The fraction of sp³-hybridized carbons (Fsp3) is 1.00. The van der Waals surface area contributed by atoms with E-state index in [4.69, 9.17) is 4.74 Å². The van der Waals surface area contributed by atoms with Gasteiger partial charge in [-0.15, -0.1) is 0 Å². The SMILES string of the molecule is CCCC(CS)COC1CCCCC1. The molecule has 1 aliphatic rings. The second kappa shape index (κ2) is 7.58. The smallest absolute Gasteiger partial charge is 0.0575 e. The summed E-state index contributed by atoms with van der Waals surface area (Å²) < 4.78 is 5.94. The fourth-order valence-corrected chi connectivity index (χ4v) is 2.43. The van der Waals surface area contributed by atoms with E-state index in [0.717, 1.165) is 12.4 Å². The van der Waals surface area contributed by atoms with Crippen molar-refractivity contribution in [2.45, 2.75) is 58.0 Å². The first-order valence-corrected chi connectivity index (χ1v) is 6.72. The normalized spacial score (nSPS) is 21.0. The molecule has 0 aliphatic heterocycles. The lowest BCUT2D eigenvalue weighted by Gasteiger charge is -2.24. The Morgan fingerprint density at radius 3 is 2.57 bits per heavy atom. The van der Waals surface area contributed by atoms with Gasteiger partial charge in [-0.3, -0.25) is 0 Å². The molecule has 0 heterocycles. The summed E-state index contributed by atoms with van der Waals surface area (Å²) in [5.74, 6) is 1.64. The van der Waals surface area contributed by atoms with E-state index in [9.17, 15) is 0 Å². The van der Waals surface area contributed by atoms with Crippen molar-refractivity contribution in [2.75, 3.05) is 12.4 Å². The van der Waals surface area contributed by atoms with E-state index in [0.29, 0.717) is 12.0 Å². The Kier molecular flexibility index (Phi) is 6.70. The van der Waals surface area contributed by atoms with Crippen LogP contribution in [0.25, 0.3) is 0 Å². The van der Waals surface area contributed by atoms with Crippen LogP contribution in [-0.4, -0.2) is 18.5 Å². The molecule has 1 unspecified atom stereocenters. The molecule has 1 rings (SSSR count). The Morgan fingerprint density at radius 1 is 1.29 bits per heavy atom. The van der Waals surface area contributed by atoms with Crippen LogP contribution in [0.15, 0.2) is 0 Å². The lowest BCUT2D eigenvalue weighted by Crippen LogP contribution is -2.21. The first-order chi connectivity index (χ1) is 6.86. The molecule has 0 aromatic carbocycles. The Bertz CT molecular complexity index is 128. The van der Waals surface area contributed by atoms with Gasteiger partial charge in [-0.2, -0.15) is 12.6 Å². The van der Waals surface area contributed by atoms with Crippen molar-refractivity contribution >= 4 is 12.6 Å². The molecule has 1 nitrogen and oxygen atoms in total. The average molecular weight is 216 g/mol. The van der Waals surface area contributed by atoms with Crippen molar-refractivity contribution < 1.29 is 4.74 Å². The molecule has 1 aliphatic carbocycles. The maximum Gasteiger partial charge on any atom is 0.0575 e. The number of thiol groups is 1. The van der Waals surface area contributed by atoms with Gasteiger partial charge in [0.1, 0.15) is 0 Å². The van der Waals surface area contributed by atoms with Gasteiger partial charge in [0, 0.05) is 0 Å². The molecule has 2 heteroatoms. The van der Waals surface area contributed by atoms with E-state index >= 15 is 0 Å². The van der Waals surface area contributed by atoms with Crippen LogP contribution in [0.2, 0.25) is 0 Å². The van der Waals surface area contributed by atoms with E-state index < -0.39 is 0 Å². The van der Waals surface area contributed by atoms with Crippen molar-refractivity contribution in [1.82, 2.24) is 0 Å². The zero-order valence-corrected chi connectivity index (χ0v) is 10.3. The molecule has 0 N–H and O–H groups in total. The zero-order chi connectivity index (χ0) is 10.2. The lowest BCUT2D eigenvalue weighted by molar-refractivity contribution is 0.0103. The molecule has 0 amide bonds. The van der Waals surface area contributed by atoms with Crippen LogP contribution >= 0.6 is 12.6 Å². The van der Waals surface area contributed by atoms with Gasteiger partial charge in [0.2, 0.25) is 0 Å². The highest BCUT2D eigenvalue weighted by Gasteiger charge is 2.15. The third kappa shape index (κ3) is 4.70. The Balaban J connectivity index is 2.10. The minimum absolute atomic E-state index is 0.558. The second-order valence-corrected chi connectivity index (χ2v) is 4.80. The standard InChI is InChI=1S/C12H24OS/c1-2-6-11(10-14)9-13-12-7-4-3-5-8-12/h11-12,14H,2-10H2,1H3. The Morgan fingerprint density at radius 2 is 2.00 bits per heavy atom. The van der Waals surface area contributed by atoms with Crippen LogP contribution in [0.5, 0.6) is 0 Å². The quantitative estimate of drug-likeness (QED) is 0.666. The lowest BCUT2D eigenvalue weighted by atomic mass is 9.97. The number of ether oxygens (including phenoxy) is 1. The molecule has 0 bridgehead atoms. The highest BCUT2D eigenvalue weighted by molar-refractivity contribution is 7.80. The number of hydrogen-bond acceptors (Lipinski definition) is 2. The van der Waals surface area contributed by atoms with Crippen molar-refractivity contribution in [3.05, 3.63) is 0 Å². The van der Waals surface area contributed by atoms with E-state index in [1.807, 2.05) is 0 Å². The largest absolute Gasteiger partial charge is 0.378 e. The van der Waals surface area contributed by atoms with Crippen LogP contribution in [0.1, 0.15) is 51.9 Å². The molecule has 0 aromatic rings. The van der Waals surface area contributed by atoms with Crippen LogP contribution in [-0.2, 0) is 4.74 Å². The molecule has 84 valence electrons. The third-order valence-electron chi connectivity index (χ3n) is 3.07. The van der Waals surface area contributed by atoms with E-state index in [2.05, 4.69) is 19.6 Å². The first-order valence-electron chi connectivity index (χ1n) is 6.09. The molecule has 1 saturated carbocycles. The molecule has 0 saturated heterocycles. The van der Waals surface area contributed by atoms with Gasteiger partial charge in [0.05, 0.1) is 12.7 Å². The summed E-state index contributed by atoms with van der Waals surface area (Å²) in [4.78, 5) is 0. The summed E-state index contributed by atoms with van der Waals surface area (Å²) in [5, 5.41) is 0. The average Bonchev–Trinajstić information content (AvgIpc) is 2.25. The molecule has 1 atom stereocenters. The number of rotatable bonds is 6. The molecule has 0 radical (unpaired) electrons. The van der Waals surface area contributed by atoms with Gasteiger partial charge in [-0.05, 0) is 30.9 Å². The highest BCUT2D eigenvalue weighted by atomic mass is 32.1. The predicted molar refractivity (Wildman–Crippen MR) is 65.1 cm³/mol. The zero-order valence-electron chi connectivity index (χ0n) is 9.37. The molecular formula is C12H24OS. The van der Waals surface area contributed by atoms with Crippen LogP contribution < -0.4 is 0 Å². The second-order valence-electron chi connectivity index (χ2n) is 4.43. The van der Waals surface area contributed by atoms with E-state index in [1.165, 1.54) is 44.9 Å². The van der Waals surface area contributed by atoms with E-state index in [-0.39, 0.29) is 0 Å². The summed E-state index contributed by atoms with van der Waals surface area (Å²) in [5.41, 5.74) is 0. The fourth-order valence-electron chi connectivity index (χ4n) is 2.14. The Labute approximate surface area is 94.0 Å². The van der Waals surface area contributed by atoms with Gasteiger partial charge >= 0.3 is 0 Å². The van der Waals surface area contributed by atoms with Crippen LogP contribution in [0, 0.1) is 5.92 Å². The van der Waals surface area contributed by atoms with Gasteiger partial charge in [-0.25, -0.2) is 0 Å². The molecule has 1 fully saturated rings. The monoisotopic (exact) mass is 216 g/mol. The topological polar surface area (TPSA) is 9.23 Å². The van der Waals surface area contributed by atoms with Gasteiger partial charge in [0.25, 0.3) is 0 Å². The summed E-state index contributed by atoms with van der Waals surface area (Å²) in [6.45, 7) is 3.17. The van der Waals surface area contributed by atoms with Crippen LogP contribution in [0.4, 0.5) is 0 Å². The van der Waals surface area contributed by atoms with Crippen molar-refractivity contribution in [2.24, 2.45) is 5.92 Å². The molecule has 0 spiro atoms. The van der Waals surface area contributed by atoms with Gasteiger partial charge in [0.15, 0.2) is 0 Å². The Hall–Kier alpha value is 0.310. The van der Waals surface area contributed by atoms with Crippen molar-refractivity contribution in [3.8, 4) is 0 Å². The van der Waals surface area contributed by atoms with Crippen LogP contribution in [0.3, 0.4) is 0 Å². The summed E-state index contributed by atoms with van der Waals surface area (Å²) in [7, 11) is 0. The van der Waals surface area contributed by atoms with Crippen molar-refractivity contribution in [3.63, 3.8) is 0 Å². The molecular weight excluding hydrogens is 192 g/mol. The molecule has 14 heavy (non-hydrogen) atoms. The van der Waals surface area contributed by atoms with Gasteiger partial charge < -0.3 is 4.74 Å². The predicted octanol–water partition coefficient (Wildman–Crippen LogP) is 3.68. The first kappa shape index (κ1) is 12.4. The minimum atomic E-state index is 0.558. The van der Waals surface area contributed by atoms with Gasteiger partial charge in [-0.1, -0.05) is 32.6 Å². The van der Waals surface area contributed by atoms with Crippen molar-refractivity contribution in [1.29, 1.82) is 0 Å². The maximum absolute atomic E-state index is 5.94. The summed E-state index contributed by atoms with van der Waals surface area (Å²) >= 11 is 4.37. The summed E-state index contributed by atoms with van der Waals surface area (Å²) in [6, 6.07) is 0. The third-order valence-corrected chi connectivity index (χ3v) is 3.59. The minimum Gasteiger partial charge on any atom is -0.378 e. The molecule has 0 aromatic heterocycles. The summed E-state index contributed by atoms with van der Waals surface area (Å²) in [6.07, 6.45) is 9.77.